The lowest BCUT2D eigenvalue weighted by molar-refractivity contribution is -0.138. The number of aliphatic carboxylic acids is 1. The average molecular weight is 243 g/mol. The summed E-state index contributed by atoms with van der Waals surface area (Å²) in [7, 11) is 1.57. The van der Waals surface area contributed by atoms with Gasteiger partial charge in [0.25, 0.3) is 0 Å². The highest BCUT2D eigenvalue weighted by atomic mass is 35.5. The summed E-state index contributed by atoms with van der Waals surface area (Å²) < 4.78 is 5.25. The minimum Gasteiger partial charge on any atom is -0.496 e. The number of carboxylic acid groups (broad SMARTS) is 1. The van der Waals surface area contributed by atoms with E-state index in [0.717, 1.165) is 11.1 Å². The molecule has 0 aliphatic rings. The first kappa shape index (κ1) is 12.8. The molecule has 0 saturated carbocycles. The Balaban J connectivity index is 3.45. The third kappa shape index (κ3) is 2.14. The van der Waals surface area contributed by atoms with E-state index in [1.807, 2.05) is 13.8 Å². The monoisotopic (exact) mass is 242 g/mol. The predicted octanol–water partition coefficient (Wildman–Crippen LogP) is 3.15. The van der Waals surface area contributed by atoms with E-state index >= 15 is 0 Å². The maximum Gasteiger partial charge on any atom is 0.310 e. The molecule has 1 atom stereocenters. The van der Waals surface area contributed by atoms with Crippen LogP contribution in [0.3, 0.4) is 0 Å². The number of hydrogen-bond acceptors (Lipinski definition) is 2. The fourth-order valence-electron chi connectivity index (χ4n) is 1.90. The lowest BCUT2D eigenvalue weighted by Gasteiger charge is -2.17. The van der Waals surface area contributed by atoms with Crippen LogP contribution in [0.25, 0.3) is 0 Å². The quantitative estimate of drug-likeness (QED) is 0.886. The van der Waals surface area contributed by atoms with Crippen molar-refractivity contribution in [2.45, 2.75) is 26.7 Å². The van der Waals surface area contributed by atoms with Crippen molar-refractivity contribution >= 4 is 17.6 Å². The highest BCUT2D eigenvalue weighted by Gasteiger charge is 2.22. The summed E-state index contributed by atoms with van der Waals surface area (Å²) in [6, 6.07) is 1.74. The van der Waals surface area contributed by atoms with E-state index in [4.69, 9.17) is 21.4 Å². The largest absolute Gasteiger partial charge is 0.496 e. The molecule has 0 amide bonds. The van der Waals surface area contributed by atoms with Crippen molar-refractivity contribution in [1.29, 1.82) is 0 Å². The molecule has 0 fully saturated rings. The van der Waals surface area contributed by atoms with Gasteiger partial charge >= 0.3 is 5.97 Å². The molecule has 1 aromatic rings. The summed E-state index contributed by atoms with van der Waals surface area (Å²) in [5.41, 5.74) is 2.32. The predicted molar refractivity (Wildman–Crippen MR) is 63.5 cm³/mol. The maximum absolute atomic E-state index is 11.0. The minimum atomic E-state index is -0.893. The normalized spacial score (nSPS) is 12.3. The molecule has 88 valence electrons. The average Bonchev–Trinajstić information content (AvgIpc) is 2.17. The fraction of sp³-hybridized carbons (Fsp3) is 0.417. The topological polar surface area (TPSA) is 46.5 Å². The summed E-state index contributed by atoms with van der Waals surface area (Å²) in [5, 5.41) is 9.50. The van der Waals surface area contributed by atoms with Crippen LogP contribution in [0, 0.1) is 13.8 Å². The van der Waals surface area contributed by atoms with Crippen molar-refractivity contribution in [2.24, 2.45) is 0 Å². The third-order valence-electron chi connectivity index (χ3n) is 2.71. The van der Waals surface area contributed by atoms with Gasteiger partial charge in [-0.05, 0) is 43.5 Å². The molecule has 0 radical (unpaired) electrons. The van der Waals surface area contributed by atoms with Gasteiger partial charge in [-0.2, -0.15) is 0 Å². The van der Waals surface area contributed by atoms with Gasteiger partial charge in [0.15, 0.2) is 0 Å². The van der Waals surface area contributed by atoms with Crippen molar-refractivity contribution in [3.05, 3.63) is 27.8 Å². The molecule has 0 aromatic heterocycles. The molecule has 4 heteroatoms. The van der Waals surface area contributed by atoms with Crippen molar-refractivity contribution < 1.29 is 14.6 Å². The van der Waals surface area contributed by atoms with E-state index in [2.05, 4.69) is 0 Å². The molecule has 0 saturated heterocycles. The van der Waals surface area contributed by atoms with E-state index in [9.17, 15) is 4.79 Å². The van der Waals surface area contributed by atoms with E-state index in [-0.39, 0.29) is 0 Å². The Morgan fingerprint density at radius 1 is 1.50 bits per heavy atom. The zero-order valence-electron chi connectivity index (χ0n) is 9.80. The smallest absolute Gasteiger partial charge is 0.310 e. The molecule has 1 N–H and O–H groups in total. The number of ether oxygens (including phenoxy) is 1. The minimum absolute atomic E-state index is 0.478. The van der Waals surface area contributed by atoms with Crippen LogP contribution in [0.15, 0.2) is 6.07 Å². The van der Waals surface area contributed by atoms with E-state index < -0.39 is 11.9 Å². The zero-order valence-corrected chi connectivity index (χ0v) is 10.6. The maximum atomic E-state index is 11.0. The highest BCUT2D eigenvalue weighted by molar-refractivity contribution is 6.32. The Morgan fingerprint density at radius 3 is 2.50 bits per heavy atom. The van der Waals surface area contributed by atoms with Gasteiger partial charge in [-0.15, -0.1) is 0 Å². The Bertz CT molecular complexity index is 427. The number of rotatable bonds is 3. The Kier molecular flexibility index (Phi) is 3.81. The van der Waals surface area contributed by atoms with Crippen LogP contribution in [0.2, 0.25) is 5.02 Å². The van der Waals surface area contributed by atoms with Crippen LogP contribution in [0.4, 0.5) is 0 Å². The molecule has 0 spiro atoms. The van der Waals surface area contributed by atoms with Crippen molar-refractivity contribution in [1.82, 2.24) is 0 Å². The summed E-state index contributed by atoms with van der Waals surface area (Å²) in [4.78, 5) is 11.0. The number of aryl methyl sites for hydroxylation is 1. The number of halogens is 1. The summed E-state index contributed by atoms with van der Waals surface area (Å²) in [6.07, 6.45) is 0. The molecular formula is C12H15ClO3. The summed E-state index contributed by atoms with van der Waals surface area (Å²) in [6.45, 7) is 5.32. The molecule has 1 aromatic carbocycles. The van der Waals surface area contributed by atoms with Crippen molar-refractivity contribution in [2.75, 3.05) is 7.11 Å². The molecule has 0 aliphatic heterocycles. The number of benzene rings is 1. The molecule has 0 heterocycles. The second kappa shape index (κ2) is 4.74. The third-order valence-corrected chi connectivity index (χ3v) is 3.02. The first-order valence-corrected chi connectivity index (χ1v) is 5.34. The lowest BCUT2D eigenvalue weighted by atomic mass is 9.94. The second-order valence-electron chi connectivity index (χ2n) is 3.81. The highest BCUT2D eigenvalue weighted by Crippen LogP contribution is 2.36. The van der Waals surface area contributed by atoms with Gasteiger partial charge in [-0.3, -0.25) is 4.79 Å². The number of methoxy groups -OCH3 is 1. The van der Waals surface area contributed by atoms with Crippen LogP contribution in [0.5, 0.6) is 5.75 Å². The van der Waals surface area contributed by atoms with Crippen LogP contribution < -0.4 is 4.74 Å². The fourth-order valence-corrected chi connectivity index (χ4v) is 2.37. The SMILES string of the molecule is COc1c(C)cc(Cl)c(C(C)C(=O)O)c1C. The van der Waals surface area contributed by atoms with Gasteiger partial charge in [0.1, 0.15) is 5.75 Å². The molecule has 1 unspecified atom stereocenters. The van der Waals surface area contributed by atoms with Crippen LogP contribution >= 0.6 is 11.6 Å². The molecule has 1 rings (SSSR count). The van der Waals surface area contributed by atoms with E-state index in [0.29, 0.717) is 16.3 Å². The van der Waals surface area contributed by atoms with Gasteiger partial charge in [0, 0.05) is 5.02 Å². The van der Waals surface area contributed by atoms with E-state index in [1.54, 1.807) is 20.1 Å². The van der Waals surface area contributed by atoms with Gasteiger partial charge in [0.05, 0.1) is 13.0 Å². The lowest BCUT2D eigenvalue weighted by Crippen LogP contribution is -2.10. The number of carboxylic acids is 1. The summed E-state index contributed by atoms with van der Waals surface area (Å²) in [5.74, 6) is -0.828. The van der Waals surface area contributed by atoms with Crippen LogP contribution in [-0.4, -0.2) is 18.2 Å². The first-order valence-electron chi connectivity index (χ1n) is 4.96. The molecule has 0 bridgehead atoms. The number of carbonyl (C=O) groups is 1. The van der Waals surface area contributed by atoms with Crippen molar-refractivity contribution in [3.63, 3.8) is 0 Å². The molecule has 16 heavy (non-hydrogen) atoms. The Hall–Kier alpha value is -1.22. The first-order chi connectivity index (χ1) is 7.40. The van der Waals surface area contributed by atoms with Gasteiger partial charge in [-0.1, -0.05) is 11.6 Å². The van der Waals surface area contributed by atoms with Crippen LogP contribution in [0.1, 0.15) is 29.5 Å². The van der Waals surface area contributed by atoms with Crippen molar-refractivity contribution in [3.8, 4) is 5.75 Å². The molecule has 0 aliphatic carbocycles. The van der Waals surface area contributed by atoms with E-state index in [1.165, 1.54) is 0 Å². The molecule has 3 nitrogen and oxygen atoms in total. The van der Waals surface area contributed by atoms with Crippen LogP contribution in [-0.2, 0) is 4.79 Å². The summed E-state index contributed by atoms with van der Waals surface area (Å²) >= 11 is 6.08. The van der Waals surface area contributed by atoms with Gasteiger partial charge in [-0.25, -0.2) is 0 Å². The number of hydrogen-bond donors (Lipinski definition) is 1. The van der Waals surface area contributed by atoms with Gasteiger partial charge < -0.3 is 9.84 Å². The zero-order chi connectivity index (χ0) is 12.5. The Morgan fingerprint density at radius 2 is 2.06 bits per heavy atom. The van der Waals surface area contributed by atoms with Gasteiger partial charge in [0.2, 0.25) is 0 Å². The second-order valence-corrected chi connectivity index (χ2v) is 4.21. The molecular weight excluding hydrogens is 228 g/mol. The standard InChI is InChI=1S/C12H15ClO3/c1-6-5-9(13)10(8(3)12(14)15)7(2)11(6)16-4/h5,8H,1-4H3,(H,14,15). The Labute approximate surface area is 100.0 Å².